The third-order valence-corrected chi connectivity index (χ3v) is 6.63. The minimum atomic E-state index is -0.643. The normalized spacial score (nSPS) is 12.3. The van der Waals surface area contributed by atoms with Crippen LogP contribution in [-0.2, 0) is 9.47 Å². The highest BCUT2D eigenvalue weighted by atomic mass is 16.5. The molecule has 0 atom stereocenters. The Labute approximate surface area is 220 Å². The lowest BCUT2D eigenvalue weighted by Crippen LogP contribution is -2.26. The first kappa shape index (κ1) is 25.0. The number of benzene rings is 3. The van der Waals surface area contributed by atoms with Crippen molar-refractivity contribution in [1.82, 2.24) is 10.3 Å². The molecule has 1 heterocycles. The summed E-state index contributed by atoms with van der Waals surface area (Å²) in [4.78, 5) is 40.1. The van der Waals surface area contributed by atoms with Gasteiger partial charge in [-0.25, -0.2) is 9.59 Å². The van der Waals surface area contributed by atoms with E-state index in [-0.39, 0.29) is 30.1 Å². The maximum Gasteiger partial charge on any atom is 0.407 e. The number of carbonyl (C=O) groups is 2. The van der Waals surface area contributed by atoms with E-state index in [4.69, 9.17) is 9.47 Å². The molecule has 0 radical (unpaired) electrons. The van der Waals surface area contributed by atoms with Crippen LogP contribution < -0.4 is 10.7 Å². The molecule has 38 heavy (non-hydrogen) atoms. The molecule has 0 fully saturated rings. The van der Waals surface area contributed by atoms with Gasteiger partial charge in [-0.2, -0.15) is 0 Å². The standard InChI is InChI=1S/C31H28N2O5/c1-2-37-30(35)26-18-33-28-15-14-20(17-25(28)29(26)34)9-7-8-16-32-31(36)38-19-27-23-12-5-3-10-21(23)22-11-4-6-13-24(22)27/h3-7,9-15,17-18,27H,2,8,16,19H2,1H3,(H,32,36)(H,33,34). The number of hydrogen-bond donors (Lipinski definition) is 2. The number of nitrogens with one attached hydrogen (secondary N) is 2. The molecule has 7 nitrogen and oxygen atoms in total. The van der Waals surface area contributed by atoms with Gasteiger partial charge < -0.3 is 19.8 Å². The Bertz CT molecular complexity index is 1540. The second-order valence-electron chi connectivity index (χ2n) is 9.00. The maximum absolute atomic E-state index is 12.7. The van der Waals surface area contributed by atoms with E-state index in [2.05, 4.69) is 34.6 Å². The number of hydrogen-bond acceptors (Lipinski definition) is 5. The number of H-pyrrole nitrogens is 1. The smallest absolute Gasteiger partial charge is 0.407 e. The second-order valence-corrected chi connectivity index (χ2v) is 9.00. The number of pyridine rings is 1. The van der Waals surface area contributed by atoms with Crippen LogP contribution in [0.4, 0.5) is 4.79 Å². The first-order chi connectivity index (χ1) is 18.6. The fourth-order valence-electron chi connectivity index (χ4n) is 4.83. The molecular weight excluding hydrogens is 480 g/mol. The van der Waals surface area contributed by atoms with E-state index >= 15 is 0 Å². The van der Waals surface area contributed by atoms with Crippen molar-refractivity contribution in [3.05, 3.63) is 111 Å². The van der Waals surface area contributed by atoms with Gasteiger partial charge in [0.25, 0.3) is 0 Å². The molecule has 5 rings (SSSR count). The van der Waals surface area contributed by atoms with Gasteiger partial charge in [0, 0.05) is 29.6 Å². The number of ether oxygens (including phenoxy) is 2. The minimum absolute atomic E-state index is 0.0206. The fraction of sp³-hybridized carbons (Fsp3) is 0.194. The zero-order valence-electron chi connectivity index (χ0n) is 21.0. The van der Waals surface area contributed by atoms with E-state index in [0.29, 0.717) is 23.9 Å². The molecule has 1 aliphatic rings. The Balaban J connectivity index is 1.14. The molecule has 0 unspecified atom stereocenters. The Morgan fingerprint density at radius 1 is 0.974 bits per heavy atom. The van der Waals surface area contributed by atoms with Crippen molar-refractivity contribution in [1.29, 1.82) is 0 Å². The molecule has 0 aliphatic heterocycles. The summed E-state index contributed by atoms with van der Waals surface area (Å²) in [6, 6.07) is 21.8. The zero-order valence-corrected chi connectivity index (χ0v) is 21.0. The van der Waals surface area contributed by atoms with Crippen molar-refractivity contribution >= 4 is 29.0 Å². The van der Waals surface area contributed by atoms with Gasteiger partial charge in [-0.3, -0.25) is 4.79 Å². The summed E-state index contributed by atoms with van der Waals surface area (Å²) in [7, 11) is 0. The molecule has 1 aromatic heterocycles. The molecule has 0 spiro atoms. The van der Waals surface area contributed by atoms with Gasteiger partial charge in [-0.15, -0.1) is 0 Å². The molecule has 0 bridgehead atoms. The third-order valence-electron chi connectivity index (χ3n) is 6.63. The topological polar surface area (TPSA) is 97.5 Å². The van der Waals surface area contributed by atoms with Crippen LogP contribution >= 0.6 is 0 Å². The van der Waals surface area contributed by atoms with Gasteiger partial charge in [0.1, 0.15) is 12.2 Å². The number of amides is 1. The van der Waals surface area contributed by atoms with Crippen molar-refractivity contribution in [2.75, 3.05) is 19.8 Å². The summed E-state index contributed by atoms with van der Waals surface area (Å²) in [6.45, 7) is 2.57. The Kier molecular flexibility index (Phi) is 7.35. The summed E-state index contributed by atoms with van der Waals surface area (Å²) in [5, 5.41) is 3.20. The molecule has 0 saturated heterocycles. The summed E-state index contributed by atoms with van der Waals surface area (Å²) in [6.07, 6.45) is 5.29. The molecule has 4 aromatic rings. The van der Waals surface area contributed by atoms with Gasteiger partial charge in [0.15, 0.2) is 0 Å². The van der Waals surface area contributed by atoms with Crippen molar-refractivity contribution in [2.24, 2.45) is 0 Å². The predicted molar refractivity (Wildman–Crippen MR) is 147 cm³/mol. The number of aromatic nitrogens is 1. The monoisotopic (exact) mass is 508 g/mol. The van der Waals surface area contributed by atoms with E-state index in [1.54, 1.807) is 19.1 Å². The van der Waals surface area contributed by atoms with Crippen LogP contribution in [-0.4, -0.2) is 36.8 Å². The lowest BCUT2D eigenvalue weighted by atomic mass is 9.98. The van der Waals surface area contributed by atoms with E-state index in [1.807, 2.05) is 42.5 Å². The summed E-state index contributed by atoms with van der Waals surface area (Å²) in [5.74, 6) is -0.621. The zero-order chi connectivity index (χ0) is 26.5. The van der Waals surface area contributed by atoms with Crippen molar-refractivity contribution < 1.29 is 19.1 Å². The minimum Gasteiger partial charge on any atom is -0.462 e. The molecule has 1 amide bonds. The van der Waals surface area contributed by atoms with E-state index in [9.17, 15) is 14.4 Å². The Hall–Kier alpha value is -4.65. The second kappa shape index (κ2) is 11.2. The number of esters is 1. The number of alkyl carbamates (subject to hydrolysis) is 1. The van der Waals surface area contributed by atoms with E-state index in [1.165, 1.54) is 28.5 Å². The largest absolute Gasteiger partial charge is 0.462 e. The summed E-state index contributed by atoms with van der Waals surface area (Å²) >= 11 is 0. The quantitative estimate of drug-likeness (QED) is 0.237. The van der Waals surface area contributed by atoms with E-state index in [0.717, 1.165) is 5.56 Å². The Morgan fingerprint density at radius 2 is 1.68 bits per heavy atom. The van der Waals surface area contributed by atoms with Gasteiger partial charge in [0.2, 0.25) is 5.43 Å². The van der Waals surface area contributed by atoms with Gasteiger partial charge >= 0.3 is 12.1 Å². The first-order valence-electron chi connectivity index (χ1n) is 12.6. The van der Waals surface area contributed by atoms with Crippen molar-refractivity contribution in [3.63, 3.8) is 0 Å². The van der Waals surface area contributed by atoms with Crippen LogP contribution in [0.5, 0.6) is 0 Å². The number of carbonyl (C=O) groups excluding carboxylic acids is 2. The highest BCUT2D eigenvalue weighted by Crippen LogP contribution is 2.44. The van der Waals surface area contributed by atoms with Crippen LogP contribution in [0.1, 0.15) is 46.3 Å². The SMILES string of the molecule is CCOC(=O)c1c[nH]c2ccc(C=CCCNC(=O)OCC3c4ccccc4-c4ccccc43)cc2c1=O. The van der Waals surface area contributed by atoms with Crippen molar-refractivity contribution in [2.45, 2.75) is 19.3 Å². The van der Waals surface area contributed by atoms with Gasteiger partial charge in [-0.05, 0) is 53.3 Å². The average molecular weight is 509 g/mol. The lowest BCUT2D eigenvalue weighted by Gasteiger charge is -2.14. The number of rotatable bonds is 8. The van der Waals surface area contributed by atoms with E-state index < -0.39 is 12.1 Å². The van der Waals surface area contributed by atoms with Gasteiger partial charge in [-0.1, -0.05) is 66.7 Å². The molecule has 1 aliphatic carbocycles. The molecule has 192 valence electrons. The third kappa shape index (κ3) is 5.09. The molecule has 7 heteroatoms. The molecule has 0 saturated carbocycles. The molecule has 3 aromatic carbocycles. The fourth-order valence-corrected chi connectivity index (χ4v) is 4.83. The van der Waals surface area contributed by atoms with Crippen LogP contribution in [0.2, 0.25) is 0 Å². The predicted octanol–water partition coefficient (Wildman–Crippen LogP) is 5.65. The highest BCUT2D eigenvalue weighted by molar-refractivity contribution is 5.94. The number of fused-ring (bicyclic) bond motifs is 4. The van der Waals surface area contributed by atoms with Crippen LogP contribution in [0.15, 0.2) is 83.8 Å². The summed E-state index contributed by atoms with van der Waals surface area (Å²) < 4.78 is 10.5. The highest BCUT2D eigenvalue weighted by Gasteiger charge is 2.28. The summed E-state index contributed by atoms with van der Waals surface area (Å²) in [5.41, 5.74) is 5.78. The average Bonchev–Trinajstić information content (AvgIpc) is 3.26. The van der Waals surface area contributed by atoms with Crippen molar-refractivity contribution in [3.8, 4) is 11.1 Å². The van der Waals surface area contributed by atoms with Crippen LogP contribution in [0.3, 0.4) is 0 Å². The molecule has 2 N–H and O–H groups in total. The Morgan fingerprint density at radius 3 is 2.39 bits per heavy atom. The first-order valence-corrected chi connectivity index (χ1v) is 12.6. The number of aromatic amines is 1. The molecular formula is C31H28N2O5. The van der Waals surface area contributed by atoms with Crippen LogP contribution in [0, 0.1) is 0 Å². The lowest BCUT2D eigenvalue weighted by molar-refractivity contribution is 0.0524. The maximum atomic E-state index is 12.7. The van der Waals surface area contributed by atoms with Crippen LogP contribution in [0.25, 0.3) is 28.1 Å². The van der Waals surface area contributed by atoms with Gasteiger partial charge in [0.05, 0.1) is 6.61 Å².